The smallest absolute Gasteiger partial charge is 0.282 e. The number of aliphatic imine (C=N–C) groups is 1. The summed E-state index contributed by atoms with van der Waals surface area (Å²) < 4.78 is 5.61. The molecule has 3 unspecified atom stereocenters. The maximum atomic E-state index is 5.63. The Morgan fingerprint density at radius 3 is 2.93 bits per heavy atom. The predicted octanol–water partition coefficient (Wildman–Crippen LogP) is 1.91. The Balaban J connectivity index is 2.09. The Morgan fingerprint density at radius 2 is 2.29 bits per heavy atom. The summed E-state index contributed by atoms with van der Waals surface area (Å²) in [5, 5.41) is 0. The van der Waals surface area contributed by atoms with Crippen molar-refractivity contribution in [3.63, 3.8) is 0 Å². The van der Waals surface area contributed by atoms with Gasteiger partial charge in [-0.25, -0.2) is 4.99 Å². The zero-order chi connectivity index (χ0) is 10.3. The van der Waals surface area contributed by atoms with E-state index >= 15 is 0 Å². The Labute approximate surface area is 85.7 Å². The third-order valence-corrected chi connectivity index (χ3v) is 3.81. The average Bonchev–Trinajstić information content (AvgIpc) is 2.37. The highest BCUT2D eigenvalue weighted by Gasteiger charge is 2.46. The molecule has 2 N–H and O–H groups in total. The van der Waals surface area contributed by atoms with Gasteiger partial charge in [-0.15, -0.1) is 0 Å². The lowest BCUT2D eigenvalue weighted by molar-refractivity contribution is 0.0188. The lowest BCUT2D eigenvalue weighted by atomic mass is 9.73. The molecule has 0 bridgehead atoms. The molecule has 3 nitrogen and oxygen atoms in total. The van der Waals surface area contributed by atoms with Crippen LogP contribution in [-0.4, -0.2) is 17.7 Å². The third kappa shape index (κ3) is 1.49. The molecule has 80 valence electrons. The van der Waals surface area contributed by atoms with Crippen molar-refractivity contribution in [3.8, 4) is 0 Å². The molecule has 2 aliphatic rings. The van der Waals surface area contributed by atoms with E-state index in [4.69, 9.17) is 10.5 Å². The van der Waals surface area contributed by atoms with Gasteiger partial charge in [-0.3, -0.25) is 0 Å². The van der Waals surface area contributed by atoms with E-state index in [0.717, 1.165) is 24.7 Å². The number of hydrogen-bond donors (Lipinski definition) is 1. The summed E-state index contributed by atoms with van der Waals surface area (Å²) >= 11 is 0. The van der Waals surface area contributed by atoms with Crippen LogP contribution in [0.1, 0.15) is 40.0 Å². The summed E-state index contributed by atoms with van der Waals surface area (Å²) in [7, 11) is 0. The fraction of sp³-hybridized carbons (Fsp3) is 0.909. The summed E-state index contributed by atoms with van der Waals surface area (Å²) in [6.45, 7) is 6.71. The van der Waals surface area contributed by atoms with Crippen molar-refractivity contribution in [2.24, 2.45) is 22.6 Å². The first-order chi connectivity index (χ1) is 6.51. The summed E-state index contributed by atoms with van der Waals surface area (Å²) in [5.74, 6) is 1.53. The summed E-state index contributed by atoms with van der Waals surface area (Å²) in [4.78, 5) is 4.39. The van der Waals surface area contributed by atoms with Crippen molar-refractivity contribution in [1.82, 2.24) is 0 Å². The highest BCUT2D eigenvalue weighted by molar-refractivity contribution is 5.74. The summed E-state index contributed by atoms with van der Waals surface area (Å²) in [6, 6.07) is 0.686. The van der Waals surface area contributed by atoms with Crippen LogP contribution in [0.2, 0.25) is 0 Å². The van der Waals surface area contributed by atoms with E-state index in [2.05, 4.69) is 25.8 Å². The monoisotopic (exact) mass is 196 g/mol. The quantitative estimate of drug-likeness (QED) is 0.696. The molecule has 0 aromatic rings. The van der Waals surface area contributed by atoms with Gasteiger partial charge in [0.2, 0.25) is 0 Å². The zero-order valence-electron chi connectivity index (χ0n) is 9.29. The normalized spacial score (nSPS) is 41.9. The average molecular weight is 196 g/mol. The fourth-order valence-electron chi connectivity index (χ4n) is 2.63. The van der Waals surface area contributed by atoms with Crippen molar-refractivity contribution in [3.05, 3.63) is 0 Å². The maximum absolute atomic E-state index is 5.63. The van der Waals surface area contributed by atoms with Crippen molar-refractivity contribution >= 4 is 6.02 Å². The van der Waals surface area contributed by atoms with E-state index in [-0.39, 0.29) is 5.60 Å². The van der Waals surface area contributed by atoms with Crippen LogP contribution in [0.15, 0.2) is 4.99 Å². The van der Waals surface area contributed by atoms with Crippen molar-refractivity contribution in [2.75, 3.05) is 0 Å². The second kappa shape index (κ2) is 3.14. The largest absolute Gasteiger partial charge is 0.457 e. The molecule has 0 amide bonds. The minimum Gasteiger partial charge on any atom is -0.457 e. The van der Waals surface area contributed by atoms with Crippen LogP contribution in [0, 0.1) is 11.8 Å². The molecule has 1 saturated carbocycles. The fourth-order valence-corrected chi connectivity index (χ4v) is 2.63. The summed E-state index contributed by atoms with van der Waals surface area (Å²) in [5.41, 5.74) is 5.53. The number of hydrogen-bond acceptors (Lipinski definition) is 3. The lowest BCUT2D eigenvalue weighted by Gasteiger charge is -2.38. The van der Waals surface area contributed by atoms with Gasteiger partial charge >= 0.3 is 0 Å². The Kier molecular flexibility index (Phi) is 2.20. The zero-order valence-corrected chi connectivity index (χ0v) is 9.29. The molecule has 2 rings (SSSR count). The molecule has 0 radical (unpaired) electrons. The van der Waals surface area contributed by atoms with Crippen LogP contribution < -0.4 is 5.73 Å². The molecule has 1 aliphatic carbocycles. The van der Waals surface area contributed by atoms with Gasteiger partial charge in [0, 0.05) is 0 Å². The van der Waals surface area contributed by atoms with Gasteiger partial charge in [0.05, 0.1) is 6.04 Å². The van der Waals surface area contributed by atoms with Gasteiger partial charge in [0.1, 0.15) is 5.60 Å². The highest BCUT2D eigenvalue weighted by atomic mass is 16.5. The van der Waals surface area contributed by atoms with E-state index in [1.54, 1.807) is 0 Å². The number of rotatable bonds is 1. The van der Waals surface area contributed by atoms with E-state index < -0.39 is 0 Å². The topological polar surface area (TPSA) is 47.6 Å². The third-order valence-electron chi connectivity index (χ3n) is 3.81. The van der Waals surface area contributed by atoms with Crippen LogP contribution >= 0.6 is 0 Å². The molecule has 0 spiro atoms. The van der Waals surface area contributed by atoms with E-state index in [1.807, 2.05) is 0 Å². The predicted molar refractivity (Wildman–Crippen MR) is 57.1 cm³/mol. The highest BCUT2D eigenvalue weighted by Crippen LogP contribution is 2.42. The maximum Gasteiger partial charge on any atom is 0.282 e. The Bertz CT molecular complexity index is 262. The summed E-state index contributed by atoms with van der Waals surface area (Å²) in [6.07, 6.45) is 3.47. The van der Waals surface area contributed by atoms with Gasteiger partial charge in [-0.1, -0.05) is 13.8 Å². The molecule has 14 heavy (non-hydrogen) atoms. The van der Waals surface area contributed by atoms with Crippen LogP contribution in [0.5, 0.6) is 0 Å². The molecule has 3 atom stereocenters. The molecule has 1 aliphatic heterocycles. The SMILES string of the molecule is CC(C)C1CCC2(C)OC(N)=NC2C1. The second-order valence-electron chi connectivity index (χ2n) is 5.18. The number of nitrogens with zero attached hydrogens (tertiary/aromatic N) is 1. The van der Waals surface area contributed by atoms with Gasteiger partial charge < -0.3 is 10.5 Å². The van der Waals surface area contributed by atoms with Crippen LogP contribution in [0.25, 0.3) is 0 Å². The van der Waals surface area contributed by atoms with Gasteiger partial charge in [0.15, 0.2) is 0 Å². The molecule has 0 saturated heterocycles. The van der Waals surface area contributed by atoms with Crippen molar-refractivity contribution in [2.45, 2.75) is 51.7 Å². The number of ether oxygens (including phenoxy) is 1. The standard InChI is InChI=1S/C11H20N2O/c1-7(2)8-4-5-11(3)9(6-8)13-10(12)14-11/h7-9H,4-6H2,1-3H3,(H2,12,13). The van der Waals surface area contributed by atoms with Crippen LogP contribution in [0.4, 0.5) is 0 Å². The van der Waals surface area contributed by atoms with E-state index in [9.17, 15) is 0 Å². The van der Waals surface area contributed by atoms with Gasteiger partial charge in [-0.2, -0.15) is 0 Å². The molecule has 0 aromatic carbocycles. The van der Waals surface area contributed by atoms with Crippen LogP contribution in [0.3, 0.4) is 0 Å². The minimum atomic E-state index is -0.102. The van der Waals surface area contributed by atoms with E-state index in [1.165, 1.54) is 6.42 Å². The molecule has 1 fully saturated rings. The molecule has 0 aromatic heterocycles. The number of nitrogens with two attached hydrogens (primary N) is 1. The minimum absolute atomic E-state index is 0.102. The van der Waals surface area contributed by atoms with Crippen LogP contribution in [-0.2, 0) is 4.74 Å². The van der Waals surface area contributed by atoms with Crippen molar-refractivity contribution < 1.29 is 4.74 Å². The Hall–Kier alpha value is -0.730. The van der Waals surface area contributed by atoms with Gasteiger partial charge in [0.25, 0.3) is 6.02 Å². The van der Waals surface area contributed by atoms with E-state index in [0.29, 0.717) is 12.1 Å². The first-order valence-corrected chi connectivity index (χ1v) is 5.53. The first-order valence-electron chi connectivity index (χ1n) is 5.53. The second-order valence-corrected chi connectivity index (χ2v) is 5.18. The molecular formula is C11H20N2O. The first kappa shape index (κ1) is 9.81. The molecule has 1 heterocycles. The number of amidine groups is 1. The molecule has 3 heteroatoms. The molecular weight excluding hydrogens is 176 g/mol. The van der Waals surface area contributed by atoms with Crippen molar-refractivity contribution in [1.29, 1.82) is 0 Å². The lowest BCUT2D eigenvalue weighted by Crippen LogP contribution is -2.43. The Morgan fingerprint density at radius 1 is 1.57 bits per heavy atom. The number of fused-ring (bicyclic) bond motifs is 1. The van der Waals surface area contributed by atoms with Gasteiger partial charge in [-0.05, 0) is 38.0 Å².